The lowest BCUT2D eigenvalue weighted by atomic mass is 10.4. The Bertz CT molecular complexity index is 689. The van der Waals surface area contributed by atoms with Gasteiger partial charge in [-0.15, -0.1) is 0 Å². The van der Waals surface area contributed by atoms with Crippen molar-refractivity contribution in [1.29, 1.82) is 0 Å². The zero-order chi connectivity index (χ0) is 14.6. The topological polar surface area (TPSA) is 84.0 Å². The predicted molar refractivity (Wildman–Crippen MR) is 73.4 cm³/mol. The van der Waals surface area contributed by atoms with Crippen LogP contribution < -0.4 is 10.0 Å². The number of rotatable bonds is 5. The third kappa shape index (κ3) is 3.21. The number of hydrogen-bond acceptors (Lipinski definition) is 5. The molecule has 0 spiro atoms. The summed E-state index contributed by atoms with van der Waals surface area (Å²) in [4.78, 5) is 7.65. The fourth-order valence-corrected chi connectivity index (χ4v) is 2.68. The minimum Gasteiger partial charge on any atom is -0.369 e. The van der Waals surface area contributed by atoms with Gasteiger partial charge in [-0.25, -0.2) is 22.8 Å². The molecule has 0 aliphatic rings. The number of halogens is 1. The maximum absolute atomic E-state index is 12.7. The molecule has 20 heavy (non-hydrogen) atoms. The van der Waals surface area contributed by atoms with Crippen molar-refractivity contribution in [3.05, 3.63) is 42.5 Å². The molecule has 0 atom stereocenters. The van der Waals surface area contributed by atoms with Crippen LogP contribution in [0.2, 0.25) is 0 Å². The Morgan fingerprint density at radius 3 is 2.70 bits per heavy atom. The van der Waals surface area contributed by atoms with Crippen LogP contribution >= 0.6 is 0 Å². The Morgan fingerprint density at radius 2 is 2.05 bits per heavy atom. The average Bonchev–Trinajstić information content (AvgIpc) is 2.42. The first-order chi connectivity index (χ1) is 9.53. The second kappa shape index (κ2) is 5.83. The Balaban J connectivity index is 2.33. The molecule has 2 rings (SSSR count). The van der Waals surface area contributed by atoms with Crippen LogP contribution in [-0.2, 0) is 10.0 Å². The van der Waals surface area contributed by atoms with E-state index in [1.807, 2.05) is 6.92 Å². The van der Waals surface area contributed by atoms with Crippen molar-refractivity contribution in [2.45, 2.75) is 11.8 Å². The van der Waals surface area contributed by atoms with Crippen LogP contribution in [0.1, 0.15) is 6.92 Å². The van der Waals surface area contributed by atoms with E-state index >= 15 is 0 Å². The van der Waals surface area contributed by atoms with Crippen LogP contribution in [-0.4, -0.2) is 24.9 Å². The molecular weight excluding hydrogens is 283 g/mol. The molecule has 0 unspecified atom stereocenters. The molecule has 2 aromatic heterocycles. The Hall–Kier alpha value is -2.22. The first kappa shape index (κ1) is 14.2. The van der Waals surface area contributed by atoms with Crippen LogP contribution in [0.3, 0.4) is 0 Å². The average molecular weight is 296 g/mol. The van der Waals surface area contributed by atoms with E-state index in [-0.39, 0.29) is 16.5 Å². The predicted octanol–water partition coefficient (Wildman–Crippen LogP) is 1.85. The van der Waals surface area contributed by atoms with Crippen molar-refractivity contribution in [2.75, 3.05) is 16.6 Å². The minimum absolute atomic E-state index is 0.00738. The summed E-state index contributed by atoms with van der Waals surface area (Å²) in [5, 5.41) is 2.87. The summed E-state index contributed by atoms with van der Waals surface area (Å²) in [6.45, 7) is 2.37. The second-order valence-corrected chi connectivity index (χ2v) is 5.50. The molecule has 0 saturated carbocycles. The molecule has 0 radical (unpaired) electrons. The highest BCUT2D eigenvalue weighted by atomic mass is 32.2. The van der Waals surface area contributed by atoms with E-state index in [0.29, 0.717) is 6.54 Å². The van der Waals surface area contributed by atoms with Crippen LogP contribution in [0.15, 0.2) is 41.6 Å². The lowest BCUT2D eigenvalue weighted by Gasteiger charge is -2.11. The lowest BCUT2D eigenvalue weighted by molar-refractivity contribution is 0.600. The Kier molecular flexibility index (Phi) is 4.14. The molecule has 2 N–H and O–H groups in total. The monoisotopic (exact) mass is 296 g/mol. The zero-order valence-electron chi connectivity index (χ0n) is 10.7. The van der Waals surface area contributed by atoms with E-state index in [2.05, 4.69) is 20.0 Å². The standard InChI is InChI=1S/C12H13FN4O2S/c1-2-14-12-10(4-3-7-15-12)20(18,19)17-11-6-5-9(13)8-16-11/h3-8H,2H2,1H3,(H,14,15)(H,16,17). The smallest absolute Gasteiger partial charge is 0.266 e. The quantitative estimate of drug-likeness (QED) is 0.879. The van der Waals surface area contributed by atoms with E-state index in [9.17, 15) is 12.8 Å². The normalized spacial score (nSPS) is 11.1. The van der Waals surface area contributed by atoms with Gasteiger partial charge in [0.15, 0.2) is 0 Å². The van der Waals surface area contributed by atoms with Gasteiger partial charge in [0.2, 0.25) is 0 Å². The van der Waals surface area contributed by atoms with Gasteiger partial charge in [-0.1, -0.05) is 0 Å². The third-order valence-electron chi connectivity index (χ3n) is 2.37. The van der Waals surface area contributed by atoms with Crippen molar-refractivity contribution >= 4 is 21.7 Å². The second-order valence-electron chi connectivity index (χ2n) is 3.85. The summed E-state index contributed by atoms with van der Waals surface area (Å²) in [5.74, 6) is -0.245. The molecule has 0 aliphatic heterocycles. The lowest BCUT2D eigenvalue weighted by Crippen LogP contribution is -2.16. The first-order valence-electron chi connectivity index (χ1n) is 5.86. The molecule has 6 nitrogen and oxygen atoms in total. The third-order valence-corrected chi connectivity index (χ3v) is 3.76. The summed E-state index contributed by atoms with van der Waals surface area (Å²) in [6, 6.07) is 5.32. The molecule has 0 bridgehead atoms. The van der Waals surface area contributed by atoms with Gasteiger partial charge in [0.05, 0.1) is 6.20 Å². The van der Waals surface area contributed by atoms with Crippen LogP contribution in [0, 0.1) is 5.82 Å². The summed E-state index contributed by atoms with van der Waals surface area (Å²) >= 11 is 0. The van der Waals surface area contributed by atoms with E-state index in [0.717, 1.165) is 12.3 Å². The van der Waals surface area contributed by atoms with Gasteiger partial charge in [-0.2, -0.15) is 0 Å². The summed E-state index contributed by atoms with van der Waals surface area (Å²) in [7, 11) is -3.84. The van der Waals surface area contributed by atoms with E-state index < -0.39 is 15.8 Å². The van der Waals surface area contributed by atoms with Gasteiger partial charge in [0.25, 0.3) is 10.0 Å². The van der Waals surface area contributed by atoms with E-state index in [4.69, 9.17) is 0 Å². The van der Waals surface area contributed by atoms with Crippen molar-refractivity contribution < 1.29 is 12.8 Å². The molecular formula is C12H13FN4O2S. The highest BCUT2D eigenvalue weighted by Crippen LogP contribution is 2.20. The fraction of sp³-hybridized carbons (Fsp3) is 0.167. The van der Waals surface area contributed by atoms with Gasteiger partial charge < -0.3 is 5.32 Å². The Morgan fingerprint density at radius 1 is 1.25 bits per heavy atom. The van der Waals surface area contributed by atoms with Gasteiger partial charge in [0, 0.05) is 12.7 Å². The number of sulfonamides is 1. The molecule has 0 amide bonds. The molecule has 0 saturated heterocycles. The van der Waals surface area contributed by atoms with Crippen LogP contribution in [0.25, 0.3) is 0 Å². The van der Waals surface area contributed by atoms with Crippen molar-refractivity contribution in [1.82, 2.24) is 9.97 Å². The maximum atomic E-state index is 12.7. The number of nitrogens with one attached hydrogen (secondary N) is 2. The molecule has 106 valence electrons. The highest BCUT2D eigenvalue weighted by Gasteiger charge is 2.19. The minimum atomic E-state index is -3.84. The molecule has 2 heterocycles. The summed E-state index contributed by atoms with van der Waals surface area (Å²) in [5.41, 5.74) is 0. The van der Waals surface area contributed by atoms with E-state index in [1.54, 1.807) is 0 Å². The largest absolute Gasteiger partial charge is 0.369 e. The number of hydrogen-bond donors (Lipinski definition) is 2. The van der Waals surface area contributed by atoms with Gasteiger partial charge >= 0.3 is 0 Å². The fourth-order valence-electron chi connectivity index (χ4n) is 1.54. The number of nitrogens with zero attached hydrogens (tertiary/aromatic N) is 2. The van der Waals surface area contributed by atoms with Crippen molar-refractivity contribution in [2.24, 2.45) is 0 Å². The van der Waals surface area contributed by atoms with Crippen molar-refractivity contribution in [3.63, 3.8) is 0 Å². The van der Waals surface area contributed by atoms with Gasteiger partial charge in [-0.05, 0) is 31.2 Å². The number of aromatic nitrogens is 2. The molecule has 8 heteroatoms. The number of pyridine rings is 2. The molecule has 0 aliphatic carbocycles. The van der Waals surface area contributed by atoms with Crippen molar-refractivity contribution in [3.8, 4) is 0 Å². The first-order valence-corrected chi connectivity index (χ1v) is 7.34. The van der Waals surface area contributed by atoms with Crippen LogP contribution in [0.5, 0.6) is 0 Å². The zero-order valence-corrected chi connectivity index (χ0v) is 11.5. The molecule has 2 aromatic rings. The van der Waals surface area contributed by atoms with Crippen LogP contribution in [0.4, 0.5) is 16.0 Å². The van der Waals surface area contributed by atoms with Gasteiger partial charge in [0.1, 0.15) is 22.3 Å². The van der Waals surface area contributed by atoms with E-state index in [1.165, 1.54) is 24.4 Å². The summed E-state index contributed by atoms with van der Waals surface area (Å²) in [6.07, 6.45) is 2.43. The maximum Gasteiger partial charge on any atom is 0.266 e. The number of anilines is 2. The SMILES string of the molecule is CCNc1ncccc1S(=O)(=O)Nc1ccc(F)cn1. The molecule has 0 aromatic carbocycles. The highest BCUT2D eigenvalue weighted by molar-refractivity contribution is 7.92. The van der Waals surface area contributed by atoms with Gasteiger partial charge in [-0.3, -0.25) is 4.72 Å². The molecule has 0 fully saturated rings. The Labute approximate surface area is 116 Å². The summed E-state index contributed by atoms with van der Waals surface area (Å²) < 4.78 is 39.5.